The largest absolute Gasteiger partial charge is 0.424 e. The van der Waals surface area contributed by atoms with Crippen LogP contribution < -0.4 is 5.73 Å². The van der Waals surface area contributed by atoms with Gasteiger partial charge in [-0.3, -0.25) is 4.90 Å². The molecule has 0 aliphatic carbocycles. The van der Waals surface area contributed by atoms with Crippen molar-refractivity contribution in [1.29, 1.82) is 0 Å². The van der Waals surface area contributed by atoms with E-state index in [0.717, 1.165) is 19.6 Å². The normalized spacial score (nSPS) is 23.8. The van der Waals surface area contributed by atoms with E-state index in [4.69, 9.17) is 10.2 Å². The third kappa shape index (κ3) is 2.58. The molecule has 2 heterocycles. The third-order valence-electron chi connectivity index (χ3n) is 2.99. The monoisotopic (exact) mass is 225 g/mol. The van der Waals surface area contributed by atoms with E-state index in [0.29, 0.717) is 30.9 Å². The van der Waals surface area contributed by atoms with Crippen LogP contribution in [0.5, 0.6) is 0 Å². The van der Waals surface area contributed by atoms with E-state index < -0.39 is 0 Å². The number of likely N-dealkylation sites (N-methyl/N-ethyl adjacent to an activating group) is 1. The molecule has 0 amide bonds. The van der Waals surface area contributed by atoms with Gasteiger partial charge in [-0.25, -0.2) is 0 Å². The highest BCUT2D eigenvalue weighted by molar-refractivity contribution is 4.86. The summed E-state index contributed by atoms with van der Waals surface area (Å²) >= 11 is 0. The highest BCUT2D eigenvalue weighted by Crippen LogP contribution is 2.11. The van der Waals surface area contributed by atoms with Crippen LogP contribution in [0.25, 0.3) is 0 Å². The first-order valence-electron chi connectivity index (χ1n) is 5.60. The molecule has 2 rings (SSSR count). The second kappa shape index (κ2) is 4.90. The minimum absolute atomic E-state index is 0.381. The maximum absolute atomic E-state index is 5.78. The first-order valence-corrected chi connectivity index (χ1v) is 5.60. The van der Waals surface area contributed by atoms with Gasteiger partial charge in [0.25, 0.3) is 0 Å². The summed E-state index contributed by atoms with van der Waals surface area (Å²) in [6.07, 6.45) is 0. The molecule has 0 radical (unpaired) electrons. The second-order valence-electron chi connectivity index (χ2n) is 4.34. The predicted octanol–water partition coefficient (Wildman–Crippen LogP) is -0.547. The Bertz CT molecular complexity index is 340. The van der Waals surface area contributed by atoms with Crippen molar-refractivity contribution in [3.63, 3.8) is 0 Å². The molecule has 0 spiro atoms. The molecule has 6 nitrogen and oxygen atoms in total. The fourth-order valence-electron chi connectivity index (χ4n) is 2.06. The van der Waals surface area contributed by atoms with Crippen LogP contribution in [0.2, 0.25) is 0 Å². The molecule has 90 valence electrons. The standard InChI is InChI=1S/C10H19N5O/c1-8-12-13-10(16-8)7-15-4-3-14(2)6-9(15)5-11/h9H,3-7,11H2,1-2H3. The van der Waals surface area contributed by atoms with Crippen molar-refractivity contribution in [3.8, 4) is 0 Å². The Kier molecular flexibility index (Phi) is 3.52. The van der Waals surface area contributed by atoms with Gasteiger partial charge in [0.05, 0.1) is 6.54 Å². The van der Waals surface area contributed by atoms with Crippen molar-refractivity contribution in [3.05, 3.63) is 11.8 Å². The summed E-state index contributed by atoms with van der Waals surface area (Å²) in [7, 11) is 2.12. The lowest BCUT2D eigenvalue weighted by Crippen LogP contribution is -2.54. The molecule has 1 unspecified atom stereocenters. The van der Waals surface area contributed by atoms with Crippen LogP contribution in [0.4, 0.5) is 0 Å². The summed E-state index contributed by atoms with van der Waals surface area (Å²) in [4.78, 5) is 4.61. The number of hydrogen-bond acceptors (Lipinski definition) is 6. The smallest absolute Gasteiger partial charge is 0.230 e. The third-order valence-corrected chi connectivity index (χ3v) is 2.99. The van der Waals surface area contributed by atoms with E-state index in [1.807, 2.05) is 0 Å². The molecular formula is C10H19N5O. The topological polar surface area (TPSA) is 71.4 Å². The van der Waals surface area contributed by atoms with E-state index >= 15 is 0 Å². The van der Waals surface area contributed by atoms with Gasteiger partial charge in [0, 0.05) is 39.1 Å². The molecule has 1 aromatic rings. The molecule has 6 heteroatoms. The van der Waals surface area contributed by atoms with Gasteiger partial charge in [-0.15, -0.1) is 10.2 Å². The number of nitrogens with two attached hydrogens (primary N) is 1. The molecule has 1 saturated heterocycles. The molecule has 1 aliphatic rings. The molecule has 16 heavy (non-hydrogen) atoms. The van der Waals surface area contributed by atoms with Crippen molar-refractivity contribution in [2.45, 2.75) is 19.5 Å². The Morgan fingerprint density at radius 1 is 1.44 bits per heavy atom. The molecule has 1 atom stereocenters. The van der Waals surface area contributed by atoms with Gasteiger partial charge in [0.1, 0.15) is 0 Å². The van der Waals surface area contributed by atoms with E-state index in [1.165, 1.54) is 0 Å². The minimum Gasteiger partial charge on any atom is -0.424 e. The van der Waals surface area contributed by atoms with E-state index in [9.17, 15) is 0 Å². The van der Waals surface area contributed by atoms with Crippen LogP contribution >= 0.6 is 0 Å². The fourth-order valence-corrected chi connectivity index (χ4v) is 2.06. The van der Waals surface area contributed by atoms with Crippen molar-refractivity contribution in [2.75, 3.05) is 33.2 Å². The predicted molar refractivity (Wildman–Crippen MR) is 59.8 cm³/mol. The maximum atomic E-state index is 5.78. The van der Waals surface area contributed by atoms with E-state index in [-0.39, 0.29) is 0 Å². The molecule has 0 bridgehead atoms. The van der Waals surface area contributed by atoms with Gasteiger partial charge >= 0.3 is 0 Å². The minimum atomic E-state index is 0.381. The highest BCUT2D eigenvalue weighted by atomic mass is 16.4. The average Bonchev–Trinajstić information content (AvgIpc) is 2.67. The van der Waals surface area contributed by atoms with Crippen molar-refractivity contribution >= 4 is 0 Å². The molecule has 0 aromatic carbocycles. The lowest BCUT2D eigenvalue weighted by Gasteiger charge is -2.38. The first kappa shape index (κ1) is 11.5. The second-order valence-corrected chi connectivity index (χ2v) is 4.34. The summed E-state index contributed by atoms with van der Waals surface area (Å²) in [5, 5.41) is 7.85. The number of piperazine rings is 1. The maximum Gasteiger partial charge on any atom is 0.230 e. The van der Waals surface area contributed by atoms with Crippen LogP contribution in [-0.2, 0) is 6.54 Å². The summed E-state index contributed by atoms with van der Waals surface area (Å²) in [6, 6.07) is 0.381. The van der Waals surface area contributed by atoms with Crippen LogP contribution in [0, 0.1) is 6.92 Å². The summed E-state index contributed by atoms with van der Waals surface area (Å²) in [6.45, 7) is 6.24. The quantitative estimate of drug-likeness (QED) is 0.744. The lowest BCUT2D eigenvalue weighted by molar-refractivity contribution is 0.0801. The van der Waals surface area contributed by atoms with Gasteiger partial charge < -0.3 is 15.1 Å². The van der Waals surface area contributed by atoms with E-state index in [2.05, 4.69) is 27.0 Å². The number of rotatable bonds is 3. The van der Waals surface area contributed by atoms with E-state index in [1.54, 1.807) is 6.92 Å². The van der Waals surface area contributed by atoms with Crippen molar-refractivity contribution < 1.29 is 4.42 Å². The average molecular weight is 225 g/mol. The number of nitrogens with zero attached hydrogens (tertiary/aromatic N) is 4. The number of aromatic nitrogens is 2. The first-order chi connectivity index (χ1) is 7.69. The van der Waals surface area contributed by atoms with Gasteiger partial charge in [-0.1, -0.05) is 0 Å². The van der Waals surface area contributed by atoms with Crippen molar-refractivity contribution in [2.24, 2.45) is 5.73 Å². The number of hydrogen-bond donors (Lipinski definition) is 1. The van der Waals surface area contributed by atoms with Crippen LogP contribution in [0.15, 0.2) is 4.42 Å². The zero-order valence-corrected chi connectivity index (χ0v) is 9.89. The van der Waals surface area contributed by atoms with Crippen molar-refractivity contribution in [1.82, 2.24) is 20.0 Å². The molecular weight excluding hydrogens is 206 g/mol. The Labute approximate surface area is 95.4 Å². The van der Waals surface area contributed by atoms with Gasteiger partial charge in [0.2, 0.25) is 11.8 Å². The van der Waals surface area contributed by atoms with Crippen LogP contribution in [0.3, 0.4) is 0 Å². The fraction of sp³-hybridized carbons (Fsp3) is 0.800. The molecule has 2 N–H and O–H groups in total. The molecule has 0 saturated carbocycles. The molecule has 1 fully saturated rings. The summed E-state index contributed by atoms with van der Waals surface area (Å²) < 4.78 is 5.39. The zero-order chi connectivity index (χ0) is 11.5. The Morgan fingerprint density at radius 3 is 2.88 bits per heavy atom. The highest BCUT2D eigenvalue weighted by Gasteiger charge is 2.25. The van der Waals surface area contributed by atoms with Gasteiger partial charge in [0.15, 0.2) is 0 Å². The van der Waals surface area contributed by atoms with Crippen LogP contribution in [0.1, 0.15) is 11.8 Å². The Balaban J connectivity index is 1.97. The van der Waals surface area contributed by atoms with Gasteiger partial charge in [-0.2, -0.15) is 0 Å². The SMILES string of the molecule is Cc1nnc(CN2CCN(C)CC2CN)o1. The van der Waals surface area contributed by atoms with Crippen LogP contribution in [-0.4, -0.2) is 59.3 Å². The Hall–Kier alpha value is -0.980. The van der Waals surface area contributed by atoms with Gasteiger partial charge in [-0.05, 0) is 7.05 Å². The zero-order valence-electron chi connectivity index (χ0n) is 9.89. The summed E-state index contributed by atoms with van der Waals surface area (Å²) in [5.74, 6) is 1.30. The number of aryl methyl sites for hydroxylation is 1. The molecule has 1 aromatic heterocycles. The summed E-state index contributed by atoms with van der Waals surface area (Å²) in [5.41, 5.74) is 5.78. The Morgan fingerprint density at radius 2 is 2.25 bits per heavy atom. The lowest BCUT2D eigenvalue weighted by atomic mass is 10.2. The molecule has 1 aliphatic heterocycles.